The molecule has 0 bridgehead atoms. The topological polar surface area (TPSA) is 20.3 Å². The van der Waals surface area contributed by atoms with Crippen LogP contribution in [0.1, 0.15) is 40.9 Å². The molecule has 1 atom stereocenters. The van der Waals surface area contributed by atoms with Gasteiger partial charge in [-0.1, -0.05) is 61.5 Å². The Bertz CT molecular complexity index is 606. The van der Waals surface area contributed by atoms with Crippen LogP contribution in [0.3, 0.4) is 0 Å². The van der Waals surface area contributed by atoms with Crippen LogP contribution in [0, 0.1) is 0 Å². The van der Waals surface area contributed by atoms with Gasteiger partial charge in [0.25, 0.3) is 0 Å². The molecule has 0 saturated carbocycles. The molecule has 0 aliphatic heterocycles. The largest absolute Gasteiger partial charge is 0.294 e. The van der Waals surface area contributed by atoms with Crippen molar-refractivity contribution in [3.05, 3.63) is 71.3 Å². The highest BCUT2D eigenvalue weighted by Crippen LogP contribution is 2.36. The minimum absolute atomic E-state index is 0.226. The van der Waals surface area contributed by atoms with Crippen LogP contribution >= 0.6 is 0 Å². The van der Waals surface area contributed by atoms with Crippen LogP contribution in [0.15, 0.2) is 54.6 Å². The summed E-state index contributed by atoms with van der Waals surface area (Å²) in [6.45, 7) is 4.00. The number of carbonyl (C=O) groups excluding carboxylic acids is 1. The van der Waals surface area contributed by atoms with Crippen LogP contribution in [0.2, 0.25) is 0 Å². The van der Waals surface area contributed by atoms with Gasteiger partial charge in [-0.2, -0.15) is 0 Å². The third kappa shape index (κ3) is 2.39. The number of rotatable bonds is 4. The van der Waals surface area contributed by atoms with Crippen LogP contribution in [0.25, 0.3) is 0 Å². The molecule has 20 heavy (non-hydrogen) atoms. The van der Waals surface area contributed by atoms with E-state index in [1.165, 1.54) is 11.1 Å². The molecule has 0 amide bonds. The molecule has 0 saturated heterocycles. The third-order valence-corrected chi connectivity index (χ3v) is 4.07. The normalized spacial score (nSPS) is 17.5. The Morgan fingerprint density at radius 2 is 1.75 bits per heavy atom. The molecule has 2 aromatic carbocycles. The molecule has 1 aliphatic rings. The molecular formula is C18H19NO. The molecule has 2 heteroatoms. The van der Waals surface area contributed by atoms with Crippen LogP contribution in [0.5, 0.6) is 0 Å². The Balaban J connectivity index is 1.86. The van der Waals surface area contributed by atoms with Crippen LogP contribution in [-0.4, -0.2) is 17.2 Å². The quantitative estimate of drug-likeness (QED) is 0.837. The first-order chi connectivity index (χ1) is 9.79. The number of hydrogen-bond acceptors (Lipinski definition) is 2. The van der Waals surface area contributed by atoms with Gasteiger partial charge in [0.1, 0.15) is 0 Å². The van der Waals surface area contributed by atoms with Gasteiger partial charge >= 0.3 is 0 Å². The van der Waals surface area contributed by atoms with E-state index in [0.29, 0.717) is 6.42 Å². The van der Waals surface area contributed by atoms with Crippen molar-refractivity contribution in [1.82, 2.24) is 4.90 Å². The summed E-state index contributed by atoms with van der Waals surface area (Å²) in [4.78, 5) is 14.5. The lowest BCUT2D eigenvalue weighted by molar-refractivity contribution is 0.0951. The first kappa shape index (κ1) is 13.1. The van der Waals surface area contributed by atoms with E-state index in [2.05, 4.69) is 42.2 Å². The number of ketones is 1. The van der Waals surface area contributed by atoms with E-state index in [4.69, 9.17) is 0 Å². The number of carbonyl (C=O) groups is 1. The summed E-state index contributed by atoms with van der Waals surface area (Å²) in [5.74, 6) is 0.275. The maximum Gasteiger partial charge on any atom is 0.165 e. The van der Waals surface area contributed by atoms with Crippen molar-refractivity contribution in [1.29, 1.82) is 0 Å². The van der Waals surface area contributed by atoms with Crippen molar-refractivity contribution in [3.63, 3.8) is 0 Å². The summed E-state index contributed by atoms with van der Waals surface area (Å²) >= 11 is 0. The molecule has 0 radical (unpaired) electrons. The minimum Gasteiger partial charge on any atom is -0.294 e. The van der Waals surface area contributed by atoms with Crippen LogP contribution < -0.4 is 0 Å². The highest BCUT2D eigenvalue weighted by atomic mass is 16.1. The van der Waals surface area contributed by atoms with Crippen LogP contribution in [-0.2, 0) is 6.54 Å². The standard InChI is InChI=1S/C18H19NO/c1-2-19(13-14-8-4-3-5-9-14)17-12-18(20)16-11-7-6-10-15(16)17/h3-11,17H,2,12-13H2,1H3. The van der Waals surface area contributed by atoms with Gasteiger partial charge in [-0.25, -0.2) is 0 Å². The maximum absolute atomic E-state index is 12.1. The van der Waals surface area contributed by atoms with E-state index in [9.17, 15) is 4.79 Å². The fourth-order valence-corrected chi connectivity index (χ4v) is 3.02. The number of benzene rings is 2. The van der Waals surface area contributed by atoms with E-state index in [1.54, 1.807) is 0 Å². The molecule has 0 heterocycles. The van der Waals surface area contributed by atoms with Crippen LogP contribution in [0.4, 0.5) is 0 Å². The number of nitrogens with zero attached hydrogens (tertiary/aromatic N) is 1. The van der Waals surface area contributed by atoms with E-state index in [1.807, 2.05) is 24.3 Å². The second-order valence-corrected chi connectivity index (χ2v) is 5.28. The fourth-order valence-electron chi connectivity index (χ4n) is 3.02. The highest BCUT2D eigenvalue weighted by Gasteiger charge is 2.32. The van der Waals surface area contributed by atoms with Crippen molar-refractivity contribution in [2.45, 2.75) is 25.9 Å². The van der Waals surface area contributed by atoms with Crippen molar-refractivity contribution >= 4 is 5.78 Å². The number of fused-ring (bicyclic) bond motifs is 1. The van der Waals surface area contributed by atoms with Crippen molar-refractivity contribution in [3.8, 4) is 0 Å². The lowest BCUT2D eigenvalue weighted by atomic mass is 10.1. The van der Waals surface area contributed by atoms with E-state index in [-0.39, 0.29) is 11.8 Å². The van der Waals surface area contributed by atoms with Gasteiger partial charge < -0.3 is 0 Å². The van der Waals surface area contributed by atoms with Gasteiger partial charge in [0.2, 0.25) is 0 Å². The lowest BCUT2D eigenvalue weighted by Crippen LogP contribution is -2.27. The summed E-state index contributed by atoms with van der Waals surface area (Å²) in [5, 5.41) is 0. The van der Waals surface area contributed by atoms with E-state index >= 15 is 0 Å². The summed E-state index contributed by atoms with van der Waals surface area (Å²) in [5.41, 5.74) is 3.39. The molecular weight excluding hydrogens is 246 g/mol. The van der Waals surface area contributed by atoms with Crippen molar-refractivity contribution in [2.24, 2.45) is 0 Å². The average Bonchev–Trinajstić information content (AvgIpc) is 2.84. The molecule has 1 aliphatic carbocycles. The molecule has 3 rings (SSSR count). The molecule has 2 nitrogen and oxygen atoms in total. The monoisotopic (exact) mass is 265 g/mol. The number of Topliss-reactive ketones (excluding diaryl/α,β-unsaturated/α-hetero) is 1. The molecule has 0 fully saturated rings. The Labute approximate surface area is 120 Å². The molecule has 0 aromatic heterocycles. The zero-order chi connectivity index (χ0) is 13.9. The van der Waals surface area contributed by atoms with E-state index < -0.39 is 0 Å². The summed E-state index contributed by atoms with van der Waals surface area (Å²) in [6, 6.07) is 18.7. The highest BCUT2D eigenvalue weighted by molar-refractivity contribution is 6.01. The molecule has 2 aromatic rings. The Hall–Kier alpha value is -1.93. The SMILES string of the molecule is CCN(Cc1ccccc1)C1CC(=O)c2ccccc21. The van der Waals surface area contributed by atoms with Gasteiger partial charge in [-0.3, -0.25) is 9.69 Å². The molecule has 1 unspecified atom stereocenters. The molecule has 102 valence electrons. The summed E-state index contributed by atoms with van der Waals surface area (Å²) in [7, 11) is 0. The van der Waals surface area contributed by atoms with Gasteiger partial charge in [0.05, 0.1) is 0 Å². The van der Waals surface area contributed by atoms with Gasteiger partial charge in [-0.15, -0.1) is 0 Å². The smallest absolute Gasteiger partial charge is 0.165 e. The Kier molecular flexibility index (Phi) is 3.66. The zero-order valence-corrected chi connectivity index (χ0v) is 11.8. The predicted molar refractivity (Wildman–Crippen MR) is 80.7 cm³/mol. The predicted octanol–water partition coefficient (Wildman–Crippen LogP) is 3.84. The molecule has 0 N–H and O–H groups in total. The summed E-state index contributed by atoms with van der Waals surface area (Å²) in [6.07, 6.45) is 0.611. The second-order valence-electron chi connectivity index (χ2n) is 5.28. The first-order valence-electron chi connectivity index (χ1n) is 7.19. The fraction of sp³-hybridized carbons (Fsp3) is 0.278. The lowest BCUT2D eigenvalue weighted by Gasteiger charge is -2.27. The van der Waals surface area contributed by atoms with Crippen molar-refractivity contribution in [2.75, 3.05) is 6.54 Å². The van der Waals surface area contributed by atoms with Gasteiger partial charge in [-0.05, 0) is 17.7 Å². The zero-order valence-electron chi connectivity index (χ0n) is 11.8. The third-order valence-electron chi connectivity index (χ3n) is 4.07. The minimum atomic E-state index is 0.226. The second kappa shape index (κ2) is 5.59. The Morgan fingerprint density at radius 3 is 2.50 bits per heavy atom. The summed E-state index contributed by atoms with van der Waals surface area (Å²) < 4.78 is 0. The van der Waals surface area contributed by atoms with Crippen molar-refractivity contribution < 1.29 is 4.79 Å². The first-order valence-corrected chi connectivity index (χ1v) is 7.19. The average molecular weight is 265 g/mol. The Morgan fingerprint density at radius 1 is 1.05 bits per heavy atom. The van der Waals surface area contributed by atoms with Gasteiger partial charge in [0.15, 0.2) is 5.78 Å². The number of hydrogen-bond donors (Lipinski definition) is 0. The maximum atomic E-state index is 12.1. The van der Waals surface area contributed by atoms with Gasteiger partial charge in [0, 0.05) is 24.6 Å². The van der Waals surface area contributed by atoms with E-state index in [0.717, 1.165) is 18.7 Å². The molecule has 0 spiro atoms.